The Morgan fingerprint density at radius 1 is 1.22 bits per heavy atom. The van der Waals surface area contributed by atoms with E-state index in [1.165, 1.54) is 25.3 Å². The summed E-state index contributed by atoms with van der Waals surface area (Å²) in [6, 6.07) is 7.20. The molecule has 5 nitrogen and oxygen atoms in total. The fraction of sp³-hybridized carbons (Fsp3) is 0.0833. The first-order chi connectivity index (χ1) is 8.47. The first-order valence-electron chi connectivity index (χ1n) is 5.01. The molecule has 2 aromatic rings. The van der Waals surface area contributed by atoms with Crippen molar-refractivity contribution >= 4 is 27.2 Å². The van der Waals surface area contributed by atoms with Gasteiger partial charge in [0.15, 0.2) is 6.29 Å². The van der Waals surface area contributed by atoms with Gasteiger partial charge in [0.2, 0.25) is 0 Å². The van der Waals surface area contributed by atoms with E-state index in [2.05, 4.69) is 0 Å². The molecule has 18 heavy (non-hydrogen) atoms. The summed E-state index contributed by atoms with van der Waals surface area (Å²) in [7, 11) is -2.80. The minimum absolute atomic E-state index is 0.211. The number of aldehydes is 1. The largest absolute Gasteiger partial charge is 0.496 e. The summed E-state index contributed by atoms with van der Waals surface area (Å²) in [6.45, 7) is 0. The first-order valence-corrected chi connectivity index (χ1v) is 6.45. The molecule has 0 aliphatic rings. The van der Waals surface area contributed by atoms with Crippen molar-refractivity contribution in [2.45, 2.75) is 4.90 Å². The lowest BCUT2D eigenvalue weighted by molar-refractivity contribution is 0.112. The number of methoxy groups -OCH3 is 1. The number of ether oxygens (including phenoxy) is 1. The number of carbonyl (C=O) groups is 1. The highest BCUT2D eigenvalue weighted by Gasteiger charge is 2.13. The summed E-state index contributed by atoms with van der Waals surface area (Å²) in [6.07, 6.45) is 0.647. The second kappa shape index (κ2) is 4.40. The Balaban J connectivity index is 2.79. The van der Waals surface area contributed by atoms with Gasteiger partial charge in [-0.2, -0.15) is 8.42 Å². The van der Waals surface area contributed by atoms with E-state index in [0.717, 1.165) is 0 Å². The van der Waals surface area contributed by atoms with Crippen molar-refractivity contribution in [3.8, 4) is 5.75 Å². The van der Waals surface area contributed by atoms with Crippen LogP contribution in [-0.4, -0.2) is 26.4 Å². The molecule has 0 amide bonds. The predicted octanol–water partition coefficient (Wildman–Crippen LogP) is 1.91. The maximum Gasteiger partial charge on any atom is 0.294 e. The molecule has 94 valence electrons. The summed E-state index contributed by atoms with van der Waals surface area (Å²) < 4.78 is 36.0. The lowest BCUT2D eigenvalue weighted by atomic mass is 10.0. The van der Waals surface area contributed by atoms with Gasteiger partial charge in [-0.1, -0.05) is 12.1 Å². The second-order valence-corrected chi connectivity index (χ2v) is 5.08. The van der Waals surface area contributed by atoms with Crippen LogP contribution in [0, 0.1) is 0 Å². The summed E-state index contributed by atoms with van der Waals surface area (Å²) in [5.74, 6) is 0.414. The van der Waals surface area contributed by atoms with Gasteiger partial charge in [-0.05, 0) is 29.0 Å². The number of rotatable bonds is 3. The van der Waals surface area contributed by atoms with Gasteiger partial charge in [-0.25, -0.2) is 0 Å². The van der Waals surface area contributed by atoms with Gasteiger partial charge in [0.1, 0.15) is 5.75 Å². The predicted molar refractivity (Wildman–Crippen MR) is 65.7 cm³/mol. The molecular formula is C12H10O5S. The molecule has 6 heteroatoms. The Labute approximate surface area is 104 Å². The zero-order valence-electron chi connectivity index (χ0n) is 9.45. The topological polar surface area (TPSA) is 80.7 Å². The Kier molecular flexibility index (Phi) is 3.06. The lowest BCUT2D eigenvalue weighted by Gasteiger charge is -2.08. The van der Waals surface area contributed by atoms with Gasteiger partial charge in [0.25, 0.3) is 10.1 Å². The third-order valence-corrected chi connectivity index (χ3v) is 3.48. The number of hydrogen-bond donors (Lipinski definition) is 1. The van der Waals surface area contributed by atoms with E-state index in [4.69, 9.17) is 9.29 Å². The van der Waals surface area contributed by atoms with Crippen LogP contribution in [0.3, 0.4) is 0 Å². The summed E-state index contributed by atoms with van der Waals surface area (Å²) >= 11 is 0. The first kappa shape index (κ1) is 12.5. The fourth-order valence-corrected chi connectivity index (χ4v) is 2.29. The number of carbonyl (C=O) groups excluding carboxylic acids is 1. The SMILES string of the molecule is COc1ccc2cc(S(=O)(=O)O)ccc2c1C=O. The van der Waals surface area contributed by atoms with Crippen molar-refractivity contribution in [1.29, 1.82) is 0 Å². The highest BCUT2D eigenvalue weighted by Crippen LogP contribution is 2.28. The standard InChI is InChI=1S/C12H10O5S/c1-17-12-5-2-8-6-9(18(14,15)16)3-4-10(8)11(12)7-13/h2-7H,1H3,(H,14,15,16). The van der Waals surface area contributed by atoms with Crippen LogP contribution in [0.25, 0.3) is 10.8 Å². The molecule has 0 unspecified atom stereocenters. The second-order valence-electron chi connectivity index (χ2n) is 3.66. The maximum absolute atomic E-state index is 11.0. The number of hydrogen-bond acceptors (Lipinski definition) is 4. The van der Waals surface area contributed by atoms with Crippen LogP contribution in [0.15, 0.2) is 35.2 Å². The molecule has 1 N–H and O–H groups in total. The molecule has 0 bridgehead atoms. The molecule has 0 saturated heterocycles. The average Bonchev–Trinajstić information content (AvgIpc) is 2.35. The Hall–Kier alpha value is -1.92. The molecule has 0 atom stereocenters. The Morgan fingerprint density at radius 3 is 2.50 bits per heavy atom. The van der Waals surface area contributed by atoms with Crippen LogP contribution in [0.4, 0.5) is 0 Å². The third-order valence-electron chi connectivity index (χ3n) is 2.63. The third kappa shape index (κ3) is 2.07. The summed E-state index contributed by atoms with van der Waals surface area (Å²) in [5.41, 5.74) is 0.344. The van der Waals surface area contributed by atoms with Crippen molar-refractivity contribution in [2.75, 3.05) is 7.11 Å². The van der Waals surface area contributed by atoms with E-state index in [9.17, 15) is 13.2 Å². The molecule has 0 spiro atoms. The van der Waals surface area contributed by atoms with Crippen molar-refractivity contribution in [1.82, 2.24) is 0 Å². The van der Waals surface area contributed by atoms with E-state index in [1.54, 1.807) is 12.1 Å². The van der Waals surface area contributed by atoms with Crippen molar-refractivity contribution < 1.29 is 22.5 Å². The Bertz CT molecular complexity index is 719. The Morgan fingerprint density at radius 2 is 1.94 bits per heavy atom. The normalized spacial score (nSPS) is 11.4. The van der Waals surface area contributed by atoms with Crippen LogP contribution in [-0.2, 0) is 10.1 Å². The van der Waals surface area contributed by atoms with Gasteiger partial charge in [-0.15, -0.1) is 0 Å². The van der Waals surface area contributed by atoms with Crippen LogP contribution < -0.4 is 4.74 Å². The molecule has 0 fully saturated rings. The van der Waals surface area contributed by atoms with Gasteiger partial charge in [0, 0.05) is 0 Å². The average molecular weight is 266 g/mol. The van der Waals surface area contributed by atoms with Crippen LogP contribution in [0.1, 0.15) is 10.4 Å². The van der Waals surface area contributed by atoms with Gasteiger partial charge >= 0.3 is 0 Å². The summed E-state index contributed by atoms with van der Waals surface area (Å²) in [5, 5.41) is 1.10. The van der Waals surface area contributed by atoms with E-state index >= 15 is 0 Å². The highest BCUT2D eigenvalue weighted by atomic mass is 32.2. The van der Waals surface area contributed by atoms with E-state index in [-0.39, 0.29) is 4.90 Å². The molecule has 0 radical (unpaired) electrons. The molecule has 0 aliphatic heterocycles. The molecule has 2 rings (SSSR count). The minimum Gasteiger partial charge on any atom is -0.496 e. The quantitative estimate of drug-likeness (QED) is 0.678. The van der Waals surface area contributed by atoms with E-state index < -0.39 is 10.1 Å². The zero-order chi connectivity index (χ0) is 13.3. The highest BCUT2D eigenvalue weighted by molar-refractivity contribution is 7.85. The zero-order valence-corrected chi connectivity index (χ0v) is 10.3. The molecule has 2 aromatic carbocycles. The monoisotopic (exact) mass is 266 g/mol. The molecule has 0 aliphatic carbocycles. The van der Waals surface area contributed by atoms with E-state index in [1.807, 2.05) is 0 Å². The van der Waals surface area contributed by atoms with Gasteiger partial charge in [0.05, 0.1) is 17.6 Å². The van der Waals surface area contributed by atoms with Crippen molar-refractivity contribution in [3.05, 3.63) is 35.9 Å². The van der Waals surface area contributed by atoms with Crippen molar-refractivity contribution in [2.24, 2.45) is 0 Å². The molecular weight excluding hydrogens is 256 g/mol. The van der Waals surface area contributed by atoms with Gasteiger partial charge in [-0.3, -0.25) is 9.35 Å². The minimum atomic E-state index is -4.25. The van der Waals surface area contributed by atoms with Crippen LogP contribution in [0.5, 0.6) is 5.75 Å². The number of benzene rings is 2. The molecule has 0 saturated carbocycles. The fourth-order valence-electron chi connectivity index (χ4n) is 1.77. The van der Waals surface area contributed by atoms with E-state index in [0.29, 0.717) is 28.4 Å². The van der Waals surface area contributed by atoms with Crippen molar-refractivity contribution in [3.63, 3.8) is 0 Å². The van der Waals surface area contributed by atoms with Gasteiger partial charge < -0.3 is 4.74 Å². The molecule has 0 heterocycles. The summed E-state index contributed by atoms with van der Waals surface area (Å²) in [4.78, 5) is 10.8. The lowest BCUT2D eigenvalue weighted by Crippen LogP contribution is -1.98. The maximum atomic E-state index is 11.0. The molecule has 0 aromatic heterocycles. The number of fused-ring (bicyclic) bond motifs is 1. The smallest absolute Gasteiger partial charge is 0.294 e. The van der Waals surface area contributed by atoms with Crippen LogP contribution >= 0.6 is 0 Å². The van der Waals surface area contributed by atoms with Crippen LogP contribution in [0.2, 0.25) is 0 Å².